The third-order valence-electron chi connectivity index (χ3n) is 3.40. The van der Waals surface area contributed by atoms with Gasteiger partial charge in [-0.3, -0.25) is 4.98 Å². The number of pyridine rings is 1. The van der Waals surface area contributed by atoms with E-state index < -0.39 is 0 Å². The second kappa shape index (κ2) is 8.03. The van der Waals surface area contributed by atoms with E-state index in [9.17, 15) is 4.79 Å². The lowest BCUT2D eigenvalue weighted by molar-refractivity contribution is 0.212. The molecule has 0 saturated carbocycles. The summed E-state index contributed by atoms with van der Waals surface area (Å²) < 4.78 is 10.5. The van der Waals surface area contributed by atoms with E-state index >= 15 is 0 Å². The molecule has 1 aromatic heterocycles. The average molecular weight is 315 g/mol. The van der Waals surface area contributed by atoms with E-state index in [-0.39, 0.29) is 6.03 Å². The lowest BCUT2D eigenvalue weighted by Gasteiger charge is -2.22. The normalized spacial score (nSPS) is 10.0. The van der Waals surface area contributed by atoms with Crippen LogP contribution >= 0.6 is 0 Å². The number of methoxy groups -OCH3 is 2. The summed E-state index contributed by atoms with van der Waals surface area (Å²) in [7, 11) is 3.19. The minimum atomic E-state index is -0.171. The summed E-state index contributed by atoms with van der Waals surface area (Å²) in [5, 5.41) is 2.83. The maximum Gasteiger partial charge on any atom is 0.322 e. The van der Waals surface area contributed by atoms with Crippen molar-refractivity contribution in [1.29, 1.82) is 0 Å². The van der Waals surface area contributed by atoms with Crippen LogP contribution in [0.3, 0.4) is 0 Å². The van der Waals surface area contributed by atoms with E-state index in [0.29, 0.717) is 30.3 Å². The molecule has 2 amide bonds. The highest BCUT2D eigenvalue weighted by Crippen LogP contribution is 2.28. The Morgan fingerprint density at radius 3 is 2.61 bits per heavy atom. The summed E-state index contributed by atoms with van der Waals surface area (Å²) in [6.07, 6.45) is 3.28. The number of rotatable bonds is 6. The van der Waals surface area contributed by atoms with Crippen molar-refractivity contribution in [1.82, 2.24) is 9.88 Å². The zero-order valence-corrected chi connectivity index (χ0v) is 13.6. The van der Waals surface area contributed by atoms with Crippen molar-refractivity contribution >= 4 is 11.7 Å². The number of hydrogen-bond donors (Lipinski definition) is 1. The molecule has 1 aromatic carbocycles. The van der Waals surface area contributed by atoms with Gasteiger partial charge >= 0.3 is 6.03 Å². The van der Waals surface area contributed by atoms with Gasteiger partial charge in [0, 0.05) is 19.3 Å². The van der Waals surface area contributed by atoms with Crippen LogP contribution in [0.2, 0.25) is 0 Å². The van der Waals surface area contributed by atoms with Crippen molar-refractivity contribution in [3.8, 4) is 11.5 Å². The Balaban J connectivity index is 2.08. The third kappa shape index (κ3) is 4.35. The van der Waals surface area contributed by atoms with Crippen molar-refractivity contribution in [2.75, 3.05) is 26.1 Å². The number of ether oxygens (including phenoxy) is 2. The van der Waals surface area contributed by atoms with E-state index in [1.165, 1.54) is 0 Å². The highest BCUT2D eigenvalue weighted by atomic mass is 16.5. The molecule has 122 valence electrons. The van der Waals surface area contributed by atoms with E-state index in [1.807, 2.05) is 25.1 Å². The molecule has 2 rings (SSSR count). The molecule has 0 unspecified atom stereocenters. The van der Waals surface area contributed by atoms with Gasteiger partial charge in [0.1, 0.15) is 0 Å². The summed E-state index contributed by atoms with van der Waals surface area (Å²) in [4.78, 5) is 18.0. The van der Waals surface area contributed by atoms with Gasteiger partial charge in [-0.1, -0.05) is 6.07 Å². The Bertz CT molecular complexity index is 647. The third-order valence-corrected chi connectivity index (χ3v) is 3.40. The van der Waals surface area contributed by atoms with Crippen molar-refractivity contribution in [2.24, 2.45) is 0 Å². The molecule has 0 aliphatic carbocycles. The molecule has 1 heterocycles. The van der Waals surface area contributed by atoms with Crippen LogP contribution in [0, 0.1) is 0 Å². The standard InChI is InChI=1S/C17H21N3O3/c1-4-20(17(21)19-14-6-5-9-18-11-14)12-13-7-8-15(22-2)16(10-13)23-3/h5-11H,4,12H2,1-3H3,(H,19,21). The first kappa shape index (κ1) is 16.6. The first-order valence-electron chi connectivity index (χ1n) is 7.34. The topological polar surface area (TPSA) is 63.7 Å². The summed E-state index contributed by atoms with van der Waals surface area (Å²) in [6.45, 7) is 2.99. The summed E-state index contributed by atoms with van der Waals surface area (Å²) in [5.74, 6) is 1.31. The first-order chi connectivity index (χ1) is 11.2. The molecule has 0 radical (unpaired) electrons. The molecule has 0 atom stereocenters. The molecule has 0 fully saturated rings. The lowest BCUT2D eigenvalue weighted by atomic mass is 10.2. The second-order valence-electron chi connectivity index (χ2n) is 4.88. The number of anilines is 1. The van der Waals surface area contributed by atoms with E-state index in [1.54, 1.807) is 43.6 Å². The second-order valence-corrected chi connectivity index (χ2v) is 4.88. The predicted molar refractivity (Wildman–Crippen MR) is 88.9 cm³/mol. The largest absolute Gasteiger partial charge is 0.493 e. The van der Waals surface area contributed by atoms with Crippen molar-refractivity contribution < 1.29 is 14.3 Å². The van der Waals surface area contributed by atoms with Gasteiger partial charge in [-0.15, -0.1) is 0 Å². The maximum atomic E-state index is 12.4. The van der Waals surface area contributed by atoms with Gasteiger partial charge in [-0.2, -0.15) is 0 Å². The molecule has 0 aliphatic rings. The number of urea groups is 1. The molecular formula is C17H21N3O3. The molecule has 6 heteroatoms. The fraction of sp³-hybridized carbons (Fsp3) is 0.294. The Hall–Kier alpha value is -2.76. The zero-order valence-electron chi connectivity index (χ0n) is 13.6. The fourth-order valence-electron chi connectivity index (χ4n) is 2.17. The highest BCUT2D eigenvalue weighted by molar-refractivity contribution is 5.89. The van der Waals surface area contributed by atoms with Gasteiger partial charge in [0.05, 0.1) is 26.1 Å². The number of hydrogen-bond acceptors (Lipinski definition) is 4. The van der Waals surface area contributed by atoms with Crippen molar-refractivity contribution in [3.63, 3.8) is 0 Å². The molecule has 1 N–H and O–H groups in total. The molecule has 0 aliphatic heterocycles. The Labute approximate surface area is 136 Å². The molecule has 2 aromatic rings. The summed E-state index contributed by atoms with van der Waals surface area (Å²) in [5.41, 5.74) is 1.63. The van der Waals surface area contributed by atoms with Gasteiger partial charge in [0.25, 0.3) is 0 Å². The average Bonchev–Trinajstić information content (AvgIpc) is 2.60. The number of nitrogens with zero attached hydrogens (tertiary/aromatic N) is 2. The van der Waals surface area contributed by atoms with Crippen LogP contribution in [0.25, 0.3) is 0 Å². The molecule has 0 saturated heterocycles. The van der Waals surface area contributed by atoms with E-state index in [2.05, 4.69) is 10.3 Å². The molecular weight excluding hydrogens is 294 g/mol. The van der Waals surface area contributed by atoms with Gasteiger partial charge in [-0.05, 0) is 36.8 Å². The SMILES string of the molecule is CCN(Cc1ccc(OC)c(OC)c1)C(=O)Nc1cccnc1. The predicted octanol–water partition coefficient (Wildman–Crippen LogP) is 3.15. The number of carbonyl (C=O) groups excluding carboxylic acids is 1. The van der Waals surface area contributed by atoms with Crippen LogP contribution in [-0.2, 0) is 6.54 Å². The van der Waals surface area contributed by atoms with E-state index in [0.717, 1.165) is 5.56 Å². The molecule has 6 nitrogen and oxygen atoms in total. The van der Waals surface area contributed by atoms with Crippen LogP contribution in [0.5, 0.6) is 11.5 Å². The molecule has 0 bridgehead atoms. The van der Waals surface area contributed by atoms with Gasteiger partial charge in [0.2, 0.25) is 0 Å². The van der Waals surface area contributed by atoms with Crippen LogP contribution in [-0.4, -0.2) is 36.7 Å². The Morgan fingerprint density at radius 2 is 2.00 bits per heavy atom. The van der Waals surface area contributed by atoms with E-state index in [4.69, 9.17) is 9.47 Å². The monoisotopic (exact) mass is 315 g/mol. The van der Waals surface area contributed by atoms with Gasteiger partial charge < -0.3 is 19.7 Å². The van der Waals surface area contributed by atoms with Crippen molar-refractivity contribution in [3.05, 3.63) is 48.3 Å². The van der Waals surface area contributed by atoms with Crippen LogP contribution in [0.4, 0.5) is 10.5 Å². The lowest BCUT2D eigenvalue weighted by Crippen LogP contribution is -2.34. The van der Waals surface area contributed by atoms with Gasteiger partial charge in [-0.25, -0.2) is 4.79 Å². The van der Waals surface area contributed by atoms with Crippen LogP contribution in [0.1, 0.15) is 12.5 Å². The Morgan fingerprint density at radius 1 is 1.22 bits per heavy atom. The minimum Gasteiger partial charge on any atom is -0.493 e. The smallest absolute Gasteiger partial charge is 0.322 e. The molecule has 0 spiro atoms. The van der Waals surface area contributed by atoms with Gasteiger partial charge in [0.15, 0.2) is 11.5 Å². The maximum absolute atomic E-state index is 12.4. The first-order valence-corrected chi connectivity index (χ1v) is 7.34. The quantitative estimate of drug-likeness (QED) is 0.889. The van der Waals surface area contributed by atoms with Crippen LogP contribution < -0.4 is 14.8 Å². The minimum absolute atomic E-state index is 0.171. The Kier molecular flexibility index (Phi) is 5.80. The number of nitrogens with one attached hydrogen (secondary N) is 1. The van der Waals surface area contributed by atoms with Crippen molar-refractivity contribution in [2.45, 2.75) is 13.5 Å². The number of aromatic nitrogens is 1. The zero-order chi connectivity index (χ0) is 16.7. The summed E-state index contributed by atoms with van der Waals surface area (Å²) >= 11 is 0. The van der Waals surface area contributed by atoms with Crippen LogP contribution in [0.15, 0.2) is 42.7 Å². The highest BCUT2D eigenvalue weighted by Gasteiger charge is 2.14. The summed E-state index contributed by atoms with van der Waals surface area (Å²) in [6, 6.07) is 9.03. The number of carbonyl (C=O) groups is 1. The number of benzene rings is 1. The number of amides is 2. The molecule has 23 heavy (non-hydrogen) atoms. The fourth-order valence-corrected chi connectivity index (χ4v) is 2.17.